The second kappa shape index (κ2) is 7.33. The fourth-order valence-electron chi connectivity index (χ4n) is 2.30. The topological polar surface area (TPSA) is 81.9 Å². The van der Waals surface area contributed by atoms with Gasteiger partial charge in [-0.2, -0.15) is 0 Å². The van der Waals surface area contributed by atoms with Crippen molar-refractivity contribution in [3.05, 3.63) is 34.4 Å². The van der Waals surface area contributed by atoms with Crippen LogP contribution in [0.25, 0.3) is 0 Å². The molecule has 1 aromatic carbocycles. The van der Waals surface area contributed by atoms with Gasteiger partial charge < -0.3 is 14.4 Å². The largest absolute Gasteiger partial charge is 0.376 e. The summed E-state index contributed by atoms with van der Waals surface area (Å²) in [5.41, 5.74) is 0.579. The van der Waals surface area contributed by atoms with Crippen LogP contribution in [0.4, 0.5) is 11.4 Å². The second-order valence-electron chi connectivity index (χ2n) is 5.28. The molecule has 120 valence electrons. The molecule has 1 aliphatic heterocycles. The van der Waals surface area contributed by atoms with Crippen molar-refractivity contribution < 1.29 is 19.2 Å². The fourth-order valence-corrected chi connectivity index (χ4v) is 2.30. The van der Waals surface area contributed by atoms with E-state index in [4.69, 9.17) is 9.47 Å². The SMILES string of the molecule is CC(OCC1CCCO1)C(=O)N(C)c1ccc([N+](=O)[O-])cc1. The van der Waals surface area contributed by atoms with Gasteiger partial charge in [0.2, 0.25) is 0 Å². The summed E-state index contributed by atoms with van der Waals surface area (Å²) in [5.74, 6) is -0.202. The van der Waals surface area contributed by atoms with Crippen LogP contribution in [-0.4, -0.2) is 43.3 Å². The molecule has 2 atom stereocenters. The van der Waals surface area contributed by atoms with Gasteiger partial charge in [0.15, 0.2) is 0 Å². The highest BCUT2D eigenvalue weighted by Gasteiger charge is 2.23. The molecular weight excluding hydrogens is 288 g/mol. The number of non-ortho nitro benzene ring substituents is 1. The van der Waals surface area contributed by atoms with Crippen molar-refractivity contribution in [1.82, 2.24) is 0 Å². The molecule has 1 fully saturated rings. The molecule has 0 aromatic heterocycles. The van der Waals surface area contributed by atoms with Crippen molar-refractivity contribution in [3.8, 4) is 0 Å². The van der Waals surface area contributed by atoms with Gasteiger partial charge in [-0.25, -0.2) is 0 Å². The van der Waals surface area contributed by atoms with E-state index in [1.165, 1.54) is 17.0 Å². The number of nitrogens with zero attached hydrogens (tertiary/aromatic N) is 2. The molecule has 2 rings (SSSR count). The number of rotatable bonds is 6. The van der Waals surface area contributed by atoms with Crippen molar-refractivity contribution in [1.29, 1.82) is 0 Å². The molecule has 7 nitrogen and oxygen atoms in total. The van der Waals surface area contributed by atoms with Gasteiger partial charge in [-0.15, -0.1) is 0 Å². The van der Waals surface area contributed by atoms with Crippen LogP contribution in [-0.2, 0) is 14.3 Å². The van der Waals surface area contributed by atoms with Gasteiger partial charge in [0.1, 0.15) is 6.10 Å². The third-order valence-corrected chi connectivity index (χ3v) is 3.68. The summed E-state index contributed by atoms with van der Waals surface area (Å²) in [6.07, 6.45) is 1.46. The monoisotopic (exact) mass is 308 g/mol. The predicted octanol–water partition coefficient (Wildman–Crippen LogP) is 2.14. The third kappa shape index (κ3) is 4.02. The van der Waals surface area contributed by atoms with Gasteiger partial charge >= 0.3 is 0 Å². The van der Waals surface area contributed by atoms with Crippen LogP contribution in [0.5, 0.6) is 0 Å². The molecule has 1 aliphatic rings. The Morgan fingerprint density at radius 3 is 2.73 bits per heavy atom. The lowest BCUT2D eigenvalue weighted by Crippen LogP contribution is -2.37. The Balaban J connectivity index is 1.90. The molecule has 1 aromatic rings. The number of anilines is 1. The van der Waals surface area contributed by atoms with Crippen molar-refractivity contribution in [2.75, 3.05) is 25.2 Å². The maximum atomic E-state index is 12.3. The number of ether oxygens (including phenoxy) is 2. The van der Waals surface area contributed by atoms with Crippen LogP contribution in [0.1, 0.15) is 19.8 Å². The number of carbonyl (C=O) groups excluding carboxylic acids is 1. The Kier molecular flexibility index (Phi) is 5.46. The molecule has 0 saturated carbocycles. The summed E-state index contributed by atoms with van der Waals surface area (Å²) in [4.78, 5) is 23.9. The Hall–Kier alpha value is -1.99. The summed E-state index contributed by atoms with van der Waals surface area (Å²) in [7, 11) is 1.62. The molecule has 0 radical (unpaired) electrons. The van der Waals surface area contributed by atoms with E-state index in [1.54, 1.807) is 26.1 Å². The maximum absolute atomic E-state index is 12.3. The maximum Gasteiger partial charge on any atom is 0.269 e. The lowest BCUT2D eigenvalue weighted by atomic mass is 10.2. The van der Waals surface area contributed by atoms with Gasteiger partial charge in [0.25, 0.3) is 11.6 Å². The van der Waals surface area contributed by atoms with Gasteiger partial charge in [0.05, 0.1) is 17.6 Å². The number of carbonyl (C=O) groups is 1. The van der Waals surface area contributed by atoms with Gasteiger partial charge in [-0.05, 0) is 31.9 Å². The van der Waals surface area contributed by atoms with Crippen molar-refractivity contribution in [2.45, 2.75) is 32.0 Å². The minimum Gasteiger partial charge on any atom is -0.376 e. The third-order valence-electron chi connectivity index (χ3n) is 3.68. The molecule has 2 unspecified atom stereocenters. The summed E-state index contributed by atoms with van der Waals surface area (Å²) < 4.78 is 11.0. The average Bonchev–Trinajstić information content (AvgIpc) is 3.04. The number of likely N-dealkylation sites (N-methyl/N-ethyl adjacent to an activating group) is 1. The zero-order chi connectivity index (χ0) is 16.1. The van der Waals surface area contributed by atoms with Crippen LogP contribution in [0.15, 0.2) is 24.3 Å². The Labute approximate surface area is 129 Å². The van der Waals surface area contributed by atoms with Crippen molar-refractivity contribution >= 4 is 17.3 Å². The number of benzene rings is 1. The van der Waals surface area contributed by atoms with Gasteiger partial charge in [-0.1, -0.05) is 0 Å². The lowest BCUT2D eigenvalue weighted by Gasteiger charge is -2.22. The second-order valence-corrected chi connectivity index (χ2v) is 5.28. The van der Waals surface area contributed by atoms with E-state index in [1.807, 2.05) is 0 Å². The highest BCUT2D eigenvalue weighted by molar-refractivity contribution is 5.95. The molecule has 0 aliphatic carbocycles. The summed E-state index contributed by atoms with van der Waals surface area (Å²) in [6.45, 7) is 2.85. The first-order valence-electron chi connectivity index (χ1n) is 7.24. The number of nitro groups is 1. The fraction of sp³-hybridized carbons (Fsp3) is 0.533. The van der Waals surface area contributed by atoms with E-state index in [0.717, 1.165) is 19.4 Å². The van der Waals surface area contributed by atoms with Crippen molar-refractivity contribution in [2.24, 2.45) is 0 Å². The van der Waals surface area contributed by atoms with Crippen molar-refractivity contribution in [3.63, 3.8) is 0 Å². The molecule has 1 heterocycles. The van der Waals surface area contributed by atoms with Crippen LogP contribution < -0.4 is 4.90 Å². The summed E-state index contributed by atoms with van der Waals surface area (Å²) in [6, 6.07) is 5.83. The zero-order valence-electron chi connectivity index (χ0n) is 12.7. The van der Waals surface area contributed by atoms with E-state index in [2.05, 4.69) is 0 Å². The quantitative estimate of drug-likeness (QED) is 0.594. The number of amides is 1. The predicted molar refractivity (Wildman–Crippen MR) is 80.9 cm³/mol. The van der Waals surface area contributed by atoms with Gasteiger partial charge in [0, 0.05) is 31.5 Å². The number of nitro benzene ring substituents is 1. The normalized spacial score (nSPS) is 18.9. The smallest absolute Gasteiger partial charge is 0.269 e. The first kappa shape index (κ1) is 16.4. The first-order valence-corrected chi connectivity index (χ1v) is 7.24. The van der Waals surface area contributed by atoms with Crippen LogP contribution in [0, 0.1) is 10.1 Å². The molecule has 22 heavy (non-hydrogen) atoms. The molecular formula is C15H20N2O5. The molecule has 1 amide bonds. The molecule has 7 heteroatoms. The molecule has 0 bridgehead atoms. The first-order chi connectivity index (χ1) is 10.5. The summed E-state index contributed by atoms with van der Waals surface area (Å²) >= 11 is 0. The van der Waals surface area contributed by atoms with E-state index < -0.39 is 11.0 Å². The summed E-state index contributed by atoms with van der Waals surface area (Å²) in [5, 5.41) is 10.6. The van der Waals surface area contributed by atoms with Crippen LogP contribution in [0.3, 0.4) is 0 Å². The van der Waals surface area contributed by atoms with E-state index in [-0.39, 0.29) is 17.7 Å². The molecule has 0 spiro atoms. The number of hydrogen-bond acceptors (Lipinski definition) is 5. The van der Waals surface area contributed by atoms with E-state index >= 15 is 0 Å². The van der Waals surface area contributed by atoms with Crippen LogP contribution >= 0.6 is 0 Å². The Morgan fingerprint density at radius 2 is 2.18 bits per heavy atom. The van der Waals surface area contributed by atoms with E-state index in [9.17, 15) is 14.9 Å². The Bertz CT molecular complexity index is 525. The lowest BCUT2D eigenvalue weighted by molar-refractivity contribution is -0.384. The average molecular weight is 308 g/mol. The van der Waals surface area contributed by atoms with E-state index in [0.29, 0.717) is 12.3 Å². The number of hydrogen-bond donors (Lipinski definition) is 0. The molecule has 0 N–H and O–H groups in total. The minimum atomic E-state index is -0.593. The highest BCUT2D eigenvalue weighted by atomic mass is 16.6. The highest BCUT2D eigenvalue weighted by Crippen LogP contribution is 2.19. The van der Waals surface area contributed by atoms with Gasteiger partial charge in [-0.3, -0.25) is 14.9 Å². The standard InChI is InChI=1S/C15H20N2O5/c1-11(22-10-14-4-3-9-21-14)15(18)16(2)12-5-7-13(8-6-12)17(19)20/h5-8,11,14H,3-4,9-10H2,1-2H3. The molecule has 1 saturated heterocycles. The minimum absolute atomic E-state index is 0.00715. The Morgan fingerprint density at radius 1 is 1.50 bits per heavy atom. The van der Waals surface area contributed by atoms with Crippen LogP contribution in [0.2, 0.25) is 0 Å². The zero-order valence-corrected chi connectivity index (χ0v) is 12.7.